The Morgan fingerprint density at radius 2 is 2.09 bits per heavy atom. The van der Waals surface area contributed by atoms with Crippen LogP contribution in [0.1, 0.15) is 37.4 Å². The van der Waals surface area contributed by atoms with Gasteiger partial charge in [-0.2, -0.15) is 0 Å². The molecule has 0 saturated heterocycles. The van der Waals surface area contributed by atoms with E-state index in [9.17, 15) is 9.90 Å². The van der Waals surface area contributed by atoms with Crippen LogP contribution in [-0.4, -0.2) is 22.1 Å². The third-order valence-electron chi connectivity index (χ3n) is 3.52. The van der Waals surface area contributed by atoms with Gasteiger partial charge in [-0.3, -0.25) is 10.1 Å². The summed E-state index contributed by atoms with van der Waals surface area (Å²) < 4.78 is 0. The van der Waals surface area contributed by atoms with E-state index in [4.69, 9.17) is 0 Å². The van der Waals surface area contributed by atoms with Crippen LogP contribution in [0.2, 0.25) is 0 Å². The van der Waals surface area contributed by atoms with E-state index in [0.29, 0.717) is 13.0 Å². The van der Waals surface area contributed by atoms with Gasteiger partial charge in [-0.15, -0.1) is 11.3 Å². The number of aliphatic carboxylic acids is 1. The molecule has 1 aromatic heterocycles. The number of aromatic nitrogens is 1. The minimum atomic E-state index is -0.789. The van der Waals surface area contributed by atoms with E-state index in [1.807, 2.05) is 5.38 Å². The van der Waals surface area contributed by atoms with Crippen molar-refractivity contribution in [1.29, 1.82) is 0 Å². The van der Waals surface area contributed by atoms with E-state index in [-0.39, 0.29) is 0 Å². The van der Waals surface area contributed by atoms with Gasteiger partial charge in [0.1, 0.15) is 11.0 Å². The van der Waals surface area contributed by atoms with Gasteiger partial charge in [0.05, 0.1) is 5.69 Å². The molecule has 0 unspecified atom stereocenters. The Kier molecular flexibility index (Phi) is 6.10. The van der Waals surface area contributed by atoms with Gasteiger partial charge in [-0.05, 0) is 13.3 Å². The maximum absolute atomic E-state index is 11.2. The standard InChI is InChI=1S/C17H22N2O2S/c1-3-4-5-15(17(20)21)18-10-14-11-22-16(19-14)13-8-6-12(2)7-9-13/h6-9,11,15,18H,3-5,10H2,1-2H3,(H,20,21)/t15-/m0/s1. The van der Waals surface area contributed by atoms with Crippen LogP contribution in [0.25, 0.3) is 10.6 Å². The number of carboxylic acids is 1. The second-order valence-electron chi connectivity index (χ2n) is 5.42. The van der Waals surface area contributed by atoms with Crippen molar-refractivity contribution >= 4 is 17.3 Å². The molecular formula is C17H22N2O2S. The first-order valence-electron chi connectivity index (χ1n) is 7.57. The highest BCUT2D eigenvalue weighted by molar-refractivity contribution is 7.13. The van der Waals surface area contributed by atoms with Gasteiger partial charge in [0.2, 0.25) is 0 Å². The van der Waals surface area contributed by atoms with Crippen LogP contribution >= 0.6 is 11.3 Å². The summed E-state index contributed by atoms with van der Waals surface area (Å²) in [7, 11) is 0. The van der Waals surface area contributed by atoms with E-state index in [1.54, 1.807) is 11.3 Å². The molecule has 0 aliphatic heterocycles. The molecule has 0 spiro atoms. The first-order chi connectivity index (χ1) is 10.6. The van der Waals surface area contributed by atoms with Crippen molar-refractivity contribution in [3.63, 3.8) is 0 Å². The predicted octanol–water partition coefficient (Wildman–Crippen LogP) is 3.85. The Morgan fingerprint density at radius 3 is 2.73 bits per heavy atom. The van der Waals surface area contributed by atoms with Gasteiger partial charge in [-0.25, -0.2) is 4.98 Å². The Labute approximate surface area is 135 Å². The molecule has 118 valence electrons. The summed E-state index contributed by atoms with van der Waals surface area (Å²) in [5, 5.41) is 15.3. The molecule has 0 saturated carbocycles. The summed E-state index contributed by atoms with van der Waals surface area (Å²) in [5.41, 5.74) is 3.22. The zero-order valence-electron chi connectivity index (χ0n) is 13.0. The monoisotopic (exact) mass is 318 g/mol. The van der Waals surface area contributed by atoms with E-state index < -0.39 is 12.0 Å². The van der Waals surface area contributed by atoms with Crippen molar-refractivity contribution in [2.45, 2.75) is 45.7 Å². The topological polar surface area (TPSA) is 62.2 Å². The second kappa shape index (κ2) is 8.06. The summed E-state index contributed by atoms with van der Waals surface area (Å²) in [5.74, 6) is -0.789. The lowest BCUT2D eigenvalue weighted by Gasteiger charge is -2.12. The van der Waals surface area contributed by atoms with Gasteiger partial charge in [0.25, 0.3) is 0 Å². The lowest BCUT2D eigenvalue weighted by Crippen LogP contribution is -2.36. The first kappa shape index (κ1) is 16.6. The predicted molar refractivity (Wildman–Crippen MR) is 90.1 cm³/mol. The fourth-order valence-corrected chi connectivity index (χ4v) is 2.99. The third-order valence-corrected chi connectivity index (χ3v) is 4.46. The molecule has 2 rings (SSSR count). The van der Waals surface area contributed by atoms with Crippen LogP contribution in [0.5, 0.6) is 0 Å². The van der Waals surface area contributed by atoms with Crippen LogP contribution in [0, 0.1) is 6.92 Å². The Morgan fingerprint density at radius 1 is 1.36 bits per heavy atom. The van der Waals surface area contributed by atoms with Gasteiger partial charge in [0, 0.05) is 17.5 Å². The zero-order chi connectivity index (χ0) is 15.9. The molecule has 5 heteroatoms. The third kappa shape index (κ3) is 4.64. The highest BCUT2D eigenvalue weighted by atomic mass is 32.1. The molecule has 0 radical (unpaired) electrons. The number of carbonyl (C=O) groups is 1. The van der Waals surface area contributed by atoms with Crippen LogP contribution < -0.4 is 5.32 Å². The summed E-state index contributed by atoms with van der Waals surface area (Å²) in [6, 6.07) is 7.77. The normalized spacial score (nSPS) is 12.3. The quantitative estimate of drug-likeness (QED) is 0.776. The minimum Gasteiger partial charge on any atom is -0.480 e. The molecule has 1 aromatic carbocycles. The van der Waals surface area contributed by atoms with E-state index >= 15 is 0 Å². The maximum Gasteiger partial charge on any atom is 0.320 e. The summed E-state index contributed by atoms with van der Waals surface area (Å²) in [6.07, 6.45) is 2.57. The van der Waals surface area contributed by atoms with E-state index in [2.05, 4.69) is 48.4 Å². The number of rotatable bonds is 8. The number of aryl methyl sites for hydroxylation is 1. The molecule has 0 amide bonds. The maximum atomic E-state index is 11.2. The molecular weight excluding hydrogens is 296 g/mol. The highest BCUT2D eigenvalue weighted by Gasteiger charge is 2.16. The van der Waals surface area contributed by atoms with Gasteiger partial charge < -0.3 is 5.11 Å². The molecule has 1 heterocycles. The lowest BCUT2D eigenvalue weighted by atomic mass is 10.1. The van der Waals surface area contributed by atoms with Crippen LogP contribution in [0.15, 0.2) is 29.6 Å². The largest absolute Gasteiger partial charge is 0.480 e. The van der Waals surface area contributed by atoms with Gasteiger partial charge in [0.15, 0.2) is 0 Å². The molecule has 2 N–H and O–H groups in total. The number of nitrogens with one attached hydrogen (secondary N) is 1. The molecule has 0 aliphatic carbocycles. The molecule has 0 fully saturated rings. The Hall–Kier alpha value is -1.72. The number of hydrogen-bond donors (Lipinski definition) is 2. The Balaban J connectivity index is 1.96. The number of carboxylic acid groups (broad SMARTS) is 1. The van der Waals surface area contributed by atoms with Crippen molar-refractivity contribution in [3.05, 3.63) is 40.9 Å². The van der Waals surface area contributed by atoms with Crippen molar-refractivity contribution in [1.82, 2.24) is 10.3 Å². The average molecular weight is 318 g/mol. The van der Waals surface area contributed by atoms with Crippen LogP contribution in [-0.2, 0) is 11.3 Å². The van der Waals surface area contributed by atoms with E-state index in [1.165, 1.54) is 5.56 Å². The molecule has 0 aliphatic rings. The van der Waals surface area contributed by atoms with Crippen LogP contribution in [0.3, 0.4) is 0 Å². The minimum absolute atomic E-state index is 0.489. The number of benzene rings is 1. The molecule has 1 atom stereocenters. The number of thiazole rings is 1. The van der Waals surface area contributed by atoms with Gasteiger partial charge >= 0.3 is 5.97 Å². The fourth-order valence-electron chi connectivity index (χ4n) is 2.17. The SMILES string of the molecule is CCCC[C@H](NCc1csc(-c2ccc(C)cc2)n1)C(=O)O. The first-order valence-corrected chi connectivity index (χ1v) is 8.45. The van der Waals surface area contributed by atoms with Crippen molar-refractivity contribution in [2.75, 3.05) is 0 Å². The molecule has 2 aromatic rings. The lowest BCUT2D eigenvalue weighted by molar-refractivity contribution is -0.139. The van der Waals surface area contributed by atoms with Crippen LogP contribution in [0.4, 0.5) is 0 Å². The molecule has 0 bridgehead atoms. The number of hydrogen-bond acceptors (Lipinski definition) is 4. The fraction of sp³-hybridized carbons (Fsp3) is 0.412. The molecule has 4 nitrogen and oxygen atoms in total. The summed E-state index contributed by atoms with van der Waals surface area (Å²) >= 11 is 1.59. The van der Waals surface area contributed by atoms with E-state index in [0.717, 1.165) is 29.1 Å². The van der Waals surface area contributed by atoms with Gasteiger partial charge in [-0.1, -0.05) is 49.6 Å². The Bertz CT molecular complexity index is 607. The highest BCUT2D eigenvalue weighted by Crippen LogP contribution is 2.24. The zero-order valence-corrected chi connectivity index (χ0v) is 13.8. The summed E-state index contributed by atoms with van der Waals surface area (Å²) in [4.78, 5) is 15.8. The number of unbranched alkanes of at least 4 members (excludes halogenated alkanes) is 1. The average Bonchev–Trinajstić information content (AvgIpc) is 2.96. The van der Waals surface area contributed by atoms with Crippen molar-refractivity contribution < 1.29 is 9.90 Å². The number of nitrogens with zero attached hydrogens (tertiary/aromatic N) is 1. The van der Waals surface area contributed by atoms with Crippen molar-refractivity contribution in [2.24, 2.45) is 0 Å². The smallest absolute Gasteiger partial charge is 0.320 e. The second-order valence-corrected chi connectivity index (χ2v) is 6.28. The van der Waals surface area contributed by atoms with Crippen molar-refractivity contribution in [3.8, 4) is 10.6 Å². The molecule has 22 heavy (non-hydrogen) atoms. The summed E-state index contributed by atoms with van der Waals surface area (Å²) in [6.45, 7) is 4.61.